The first-order valence-corrected chi connectivity index (χ1v) is 5.65. The smallest absolute Gasteiger partial charge is 0.233 e. The van der Waals surface area contributed by atoms with E-state index in [1.54, 1.807) is 18.7 Å². The summed E-state index contributed by atoms with van der Waals surface area (Å²) >= 11 is 0. The van der Waals surface area contributed by atoms with Crippen LogP contribution in [0.1, 0.15) is 6.42 Å². The molecule has 5 heteroatoms. The molecule has 3 heterocycles. The second kappa shape index (κ2) is 4.55. The summed E-state index contributed by atoms with van der Waals surface area (Å²) in [5.41, 5.74) is 0.693. The summed E-state index contributed by atoms with van der Waals surface area (Å²) in [5.74, 6) is 1.25. The summed E-state index contributed by atoms with van der Waals surface area (Å²) in [6.45, 7) is 1.86. The molecule has 0 saturated carbocycles. The SMILES string of the molecule is c1coc(-c2cncc(OC3CCNC3)n2)c1. The molecule has 1 fully saturated rings. The standard InChI is InChI=1S/C12H13N3O2/c1-2-11(16-5-1)10-7-14-8-12(15-10)17-9-3-4-13-6-9/h1-2,5,7-9,13H,3-4,6H2. The zero-order valence-corrected chi connectivity index (χ0v) is 9.30. The van der Waals surface area contributed by atoms with Gasteiger partial charge in [-0.1, -0.05) is 0 Å². The number of rotatable bonds is 3. The highest BCUT2D eigenvalue weighted by Gasteiger charge is 2.17. The van der Waals surface area contributed by atoms with Crippen LogP contribution in [0, 0.1) is 0 Å². The van der Waals surface area contributed by atoms with Gasteiger partial charge in [0.15, 0.2) is 5.76 Å². The van der Waals surface area contributed by atoms with Crippen LogP contribution in [-0.2, 0) is 0 Å². The van der Waals surface area contributed by atoms with Crippen molar-refractivity contribution in [3.05, 3.63) is 30.8 Å². The third-order valence-electron chi connectivity index (χ3n) is 2.69. The second-order valence-electron chi connectivity index (χ2n) is 3.95. The predicted molar refractivity (Wildman–Crippen MR) is 61.6 cm³/mol. The average molecular weight is 231 g/mol. The number of nitrogens with zero attached hydrogens (tertiary/aromatic N) is 2. The Kier molecular flexibility index (Phi) is 2.75. The van der Waals surface area contributed by atoms with Gasteiger partial charge in [0, 0.05) is 6.54 Å². The molecule has 2 aromatic rings. The minimum absolute atomic E-state index is 0.191. The van der Waals surface area contributed by atoms with Crippen LogP contribution in [0.25, 0.3) is 11.5 Å². The first kappa shape index (κ1) is 10.3. The molecular weight excluding hydrogens is 218 g/mol. The van der Waals surface area contributed by atoms with Crippen molar-refractivity contribution in [2.24, 2.45) is 0 Å². The highest BCUT2D eigenvalue weighted by Crippen LogP contribution is 2.19. The minimum Gasteiger partial charge on any atom is -0.472 e. The third kappa shape index (κ3) is 2.29. The summed E-state index contributed by atoms with van der Waals surface area (Å²) in [7, 11) is 0. The van der Waals surface area contributed by atoms with Gasteiger partial charge in [0.2, 0.25) is 5.88 Å². The first-order chi connectivity index (χ1) is 8.42. The van der Waals surface area contributed by atoms with Crippen LogP contribution in [0.5, 0.6) is 5.88 Å². The number of nitrogens with one attached hydrogen (secondary N) is 1. The zero-order valence-electron chi connectivity index (χ0n) is 9.30. The number of ether oxygens (including phenoxy) is 1. The van der Waals surface area contributed by atoms with E-state index in [-0.39, 0.29) is 6.10 Å². The Morgan fingerprint density at radius 2 is 2.41 bits per heavy atom. The van der Waals surface area contributed by atoms with Gasteiger partial charge in [-0.15, -0.1) is 0 Å². The van der Waals surface area contributed by atoms with E-state index in [1.165, 1.54) is 0 Å². The van der Waals surface area contributed by atoms with Crippen LogP contribution >= 0.6 is 0 Å². The maximum absolute atomic E-state index is 5.74. The molecule has 0 aliphatic carbocycles. The fourth-order valence-electron chi connectivity index (χ4n) is 1.85. The lowest BCUT2D eigenvalue weighted by atomic mass is 10.3. The normalized spacial score (nSPS) is 19.4. The minimum atomic E-state index is 0.191. The van der Waals surface area contributed by atoms with Crippen LogP contribution in [0.3, 0.4) is 0 Å². The van der Waals surface area contributed by atoms with Gasteiger partial charge >= 0.3 is 0 Å². The van der Waals surface area contributed by atoms with Gasteiger partial charge in [-0.05, 0) is 25.1 Å². The van der Waals surface area contributed by atoms with E-state index in [1.807, 2.05) is 12.1 Å². The Hall–Kier alpha value is -1.88. The molecule has 1 unspecified atom stereocenters. The van der Waals surface area contributed by atoms with E-state index >= 15 is 0 Å². The highest BCUT2D eigenvalue weighted by atomic mass is 16.5. The largest absolute Gasteiger partial charge is 0.472 e. The lowest BCUT2D eigenvalue weighted by Crippen LogP contribution is -2.20. The van der Waals surface area contributed by atoms with Crippen molar-refractivity contribution in [1.29, 1.82) is 0 Å². The Morgan fingerprint density at radius 3 is 3.18 bits per heavy atom. The van der Waals surface area contributed by atoms with Crippen LogP contribution in [0.2, 0.25) is 0 Å². The Labute approximate surface area is 98.8 Å². The lowest BCUT2D eigenvalue weighted by molar-refractivity contribution is 0.213. The van der Waals surface area contributed by atoms with Crippen LogP contribution in [0.4, 0.5) is 0 Å². The van der Waals surface area contributed by atoms with Gasteiger partial charge in [0.25, 0.3) is 0 Å². The van der Waals surface area contributed by atoms with E-state index in [0.717, 1.165) is 19.5 Å². The molecule has 0 bridgehead atoms. The van der Waals surface area contributed by atoms with Crippen LogP contribution in [0.15, 0.2) is 35.2 Å². The summed E-state index contributed by atoms with van der Waals surface area (Å²) in [6, 6.07) is 3.68. The summed E-state index contributed by atoms with van der Waals surface area (Å²) in [6.07, 6.45) is 6.11. The van der Waals surface area contributed by atoms with Crippen molar-refractivity contribution in [3.63, 3.8) is 0 Å². The monoisotopic (exact) mass is 231 g/mol. The Morgan fingerprint density at radius 1 is 1.41 bits per heavy atom. The molecule has 0 amide bonds. The second-order valence-corrected chi connectivity index (χ2v) is 3.95. The van der Waals surface area contributed by atoms with E-state index in [9.17, 15) is 0 Å². The average Bonchev–Trinajstić information content (AvgIpc) is 3.01. The van der Waals surface area contributed by atoms with Gasteiger partial charge in [0.1, 0.15) is 11.8 Å². The molecule has 5 nitrogen and oxygen atoms in total. The van der Waals surface area contributed by atoms with Crippen LogP contribution < -0.4 is 10.1 Å². The van der Waals surface area contributed by atoms with Gasteiger partial charge in [0.05, 0.1) is 18.7 Å². The van der Waals surface area contributed by atoms with Crippen molar-refractivity contribution in [3.8, 4) is 17.3 Å². The molecule has 1 N–H and O–H groups in total. The van der Waals surface area contributed by atoms with Crippen LogP contribution in [-0.4, -0.2) is 29.2 Å². The maximum atomic E-state index is 5.74. The highest BCUT2D eigenvalue weighted by molar-refractivity contribution is 5.50. The molecule has 1 saturated heterocycles. The van der Waals surface area contributed by atoms with Crippen molar-refractivity contribution < 1.29 is 9.15 Å². The molecular formula is C12H13N3O2. The van der Waals surface area contributed by atoms with Crippen molar-refractivity contribution in [2.45, 2.75) is 12.5 Å². The van der Waals surface area contributed by atoms with E-state index < -0.39 is 0 Å². The molecule has 2 aromatic heterocycles. The van der Waals surface area contributed by atoms with Gasteiger partial charge in [-0.25, -0.2) is 4.98 Å². The topological polar surface area (TPSA) is 60.2 Å². The maximum Gasteiger partial charge on any atom is 0.233 e. The zero-order chi connectivity index (χ0) is 11.5. The Balaban J connectivity index is 1.79. The molecule has 0 radical (unpaired) electrons. The molecule has 1 aliphatic heterocycles. The van der Waals surface area contributed by atoms with Crippen molar-refractivity contribution >= 4 is 0 Å². The molecule has 17 heavy (non-hydrogen) atoms. The summed E-state index contributed by atoms with van der Waals surface area (Å²) in [5, 5.41) is 3.24. The van der Waals surface area contributed by atoms with E-state index in [2.05, 4.69) is 15.3 Å². The summed E-state index contributed by atoms with van der Waals surface area (Å²) < 4.78 is 11.0. The third-order valence-corrected chi connectivity index (χ3v) is 2.69. The Bertz CT molecular complexity index is 478. The molecule has 0 spiro atoms. The molecule has 1 atom stereocenters. The van der Waals surface area contributed by atoms with E-state index in [0.29, 0.717) is 17.3 Å². The first-order valence-electron chi connectivity index (χ1n) is 5.65. The quantitative estimate of drug-likeness (QED) is 0.867. The molecule has 3 rings (SSSR count). The lowest BCUT2D eigenvalue weighted by Gasteiger charge is -2.11. The van der Waals surface area contributed by atoms with Gasteiger partial charge < -0.3 is 14.5 Å². The number of hydrogen-bond acceptors (Lipinski definition) is 5. The van der Waals surface area contributed by atoms with Crippen molar-refractivity contribution in [1.82, 2.24) is 15.3 Å². The van der Waals surface area contributed by atoms with Gasteiger partial charge in [-0.3, -0.25) is 4.98 Å². The number of hydrogen-bond donors (Lipinski definition) is 1. The van der Waals surface area contributed by atoms with Crippen molar-refractivity contribution in [2.75, 3.05) is 13.1 Å². The molecule has 1 aliphatic rings. The predicted octanol–water partition coefficient (Wildman–Crippen LogP) is 1.48. The molecule has 88 valence electrons. The summed E-state index contributed by atoms with van der Waals surface area (Å²) in [4.78, 5) is 8.49. The number of furan rings is 1. The van der Waals surface area contributed by atoms with E-state index in [4.69, 9.17) is 9.15 Å². The number of aromatic nitrogens is 2. The van der Waals surface area contributed by atoms with Gasteiger partial charge in [-0.2, -0.15) is 0 Å². The fraction of sp³-hybridized carbons (Fsp3) is 0.333. The molecule has 0 aromatic carbocycles. The fourth-order valence-corrected chi connectivity index (χ4v) is 1.85.